The van der Waals surface area contributed by atoms with Crippen LogP contribution in [0.15, 0.2) is 0 Å². The fourth-order valence-corrected chi connectivity index (χ4v) is 1.02. The van der Waals surface area contributed by atoms with Crippen LogP contribution in [0, 0.1) is 0 Å². The normalized spacial score (nSPS) is 30.3. The Morgan fingerprint density at radius 1 is 1.56 bits per heavy atom. The number of ether oxygens (including phenoxy) is 1. The molecule has 0 saturated carbocycles. The summed E-state index contributed by atoms with van der Waals surface area (Å²) in [6, 6.07) is 0. The monoisotopic (exact) mass is 130 g/mol. The molecule has 1 aliphatic heterocycles. The summed E-state index contributed by atoms with van der Waals surface area (Å²) in [4.78, 5) is 0. The first-order valence-electron chi connectivity index (χ1n) is 3.45. The van der Waals surface area contributed by atoms with E-state index >= 15 is 0 Å². The van der Waals surface area contributed by atoms with E-state index < -0.39 is 0 Å². The Balaban J connectivity index is 2.06. The summed E-state index contributed by atoms with van der Waals surface area (Å²) in [6.07, 6.45) is 2.28. The zero-order valence-corrected chi connectivity index (χ0v) is 6.05. The van der Waals surface area contributed by atoms with E-state index in [-0.39, 0.29) is 12.2 Å². The highest BCUT2D eigenvalue weighted by molar-refractivity contribution is 4.94. The van der Waals surface area contributed by atoms with Crippen molar-refractivity contribution >= 4 is 0 Å². The molecule has 54 valence electrons. The van der Waals surface area contributed by atoms with Gasteiger partial charge in [-0.3, -0.25) is 0 Å². The van der Waals surface area contributed by atoms with Crippen molar-refractivity contribution in [1.29, 1.82) is 0 Å². The van der Waals surface area contributed by atoms with Crippen LogP contribution in [-0.2, 0) is 4.74 Å². The van der Waals surface area contributed by atoms with Crippen LogP contribution in [0.25, 0.3) is 0 Å². The molecule has 0 amide bonds. The van der Waals surface area contributed by atoms with Crippen molar-refractivity contribution in [3.8, 4) is 0 Å². The fourth-order valence-electron chi connectivity index (χ4n) is 1.02. The predicted molar refractivity (Wildman–Crippen MR) is 35.3 cm³/mol. The van der Waals surface area contributed by atoms with Crippen LogP contribution in [0.2, 0.25) is 0 Å². The molecule has 0 aromatic carbocycles. The first-order valence-corrected chi connectivity index (χ1v) is 3.45. The number of rotatable bonds is 3. The van der Waals surface area contributed by atoms with Gasteiger partial charge in [0.25, 0.3) is 0 Å². The maximum absolute atomic E-state index is 8.46. The van der Waals surface area contributed by atoms with Crippen LogP contribution in [0.3, 0.4) is 0 Å². The molecule has 1 rings (SSSR count). The summed E-state index contributed by atoms with van der Waals surface area (Å²) in [6.45, 7) is 4.44. The number of aliphatic hydroxyl groups excluding tert-OH is 1. The summed E-state index contributed by atoms with van der Waals surface area (Å²) >= 11 is 0. The van der Waals surface area contributed by atoms with Crippen LogP contribution in [0.5, 0.6) is 0 Å². The third-order valence-electron chi connectivity index (χ3n) is 1.79. The van der Waals surface area contributed by atoms with Crippen molar-refractivity contribution in [3.05, 3.63) is 0 Å². The Morgan fingerprint density at radius 2 is 2.11 bits per heavy atom. The van der Waals surface area contributed by atoms with E-state index in [2.05, 4.69) is 13.8 Å². The van der Waals surface area contributed by atoms with E-state index in [1.807, 2.05) is 0 Å². The molecule has 0 aromatic rings. The molecular weight excluding hydrogens is 116 g/mol. The Labute approximate surface area is 55.8 Å². The van der Waals surface area contributed by atoms with Crippen molar-refractivity contribution < 1.29 is 9.84 Å². The molecule has 0 aliphatic carbocycles. The van der Waals surface area contributed by atoms with Gasteiger partial charge in [0.05, 0.1) is 11.7 Å². The van der Waals surface area contributed by atoms with Crippen molar-refractivity contribution in [1.82, 2.24) is 0 Å². The molecule has 0 radical (unpaired) electrons. The summed E-state index contributed by atoms with van der Waals surface area (Å²) in [5.41, 5.74) is 0.106. The van der Waals surface area contributed by atoms with Crippen molar-refractivity contribution in [2.75, 3.05) is 6.61 Å². The molecule has 0 aromatic heterocycles. The zero-order chi connectivity index (χ0) is 6.91. The SMILES string of the molecule is CC1(C)O[C@@H]1CCCO. The lowest BCUT2D eigenvalue weighted by atomic mass is 10.1. The van der Waals surface area contributed by atoms with Crippen LogP contribution < -0.4 is 0 Å². The molecule has 1 heterocycles. The molecule has 0 unspecified atom stereocenters. The number of aliphatic hydroxyl groups is 1. The van der Waals surface area contributed by atoms with Gasteiger partial charge in [-0.2, -0.15) is 0 Å². The molecule has 1 saturated heterocycles. The average Bonchev–Trinajstić information content (AvgIpc) is 2.35. The third-order valence-corrected chi connectivity index (χ3v) is 1.79. The van der Waals surface area contributed by atoms with Gasteiger partial charge in [-0.05, 0) is 26.7 Å². The van der Waals surface area contributed by atoms with Crippen molar-refractivity contribution in [2.45, 2.75) is 38.4 Å². The van der Waals surface area contributed by atoms with E-state index in [1.54, 1.807) is 0 Å². The Bertz CT molecular complexity index is 99.1. The molecule has 2 heteroatoms. The highest BCUT2D eigenvalue weighted by Gasteiger charge is 2.46. The minimum Gasteiger partial charge on any atom is -0.396 e. The second-order valence-electron chi connectivity index (χ2n) is 3.08. The van der Waals surface area contributed by atoms with Crippen LogP contribution in [0.1, 0.15) is 26.7 Å². The summed E-state index contributed by atoms with van der Waals surface area (Å²) in [7, 11) is 0. The highest BCUT2D eigenvalue weighted by Crippen LogP contribution is 2.37. The fraction of sp³-hybridized carbons (Fsp3) is 1.00. The van der Waals surface area contributed by atoms with Gasteiger partial charge < -0.3 is 9.84 Å². The molecular formula is C7H14O2. The lowest BCUT2D eigenvalue weighted by molar-refractivity contribution is 0.270. The Hall–Kier alpha value is -0.0800. The molecule has 1 fully saturated rings. The van der Waals surface area contributed by atoms with Gasteiger partial charge in [0.2, 0.25) is 0 Å². The topological polar surface area (TPSA) is 32.8 Å². The van der Waals surface area contributed by atoms with Gasteiger partial charge in [-0.15, -0.1) is 0 Å². The number of hydrogen-bond acceptors (Lipinski definition) is 2. The van der Waals surface area contributed by atoms with E-state index in [4.69, 9.17) is 9.84 Å². The minimum absolute atomic E-state index is 0.106. The molecule has 0 bridgehead atoms. The van der Waals surface area contributed by atoms with E-state index in [0.717, 1.165) is 12.8 Å². The van der Waals surface area contributed by atoms with Gasteiger partial charge >= 0.3 is 0 Å². The van der Waals surface area contributed by atoms with Crippen molar-refractivity contribution in [3.63, 3.8) is 0 Å². The minimum atomic E-state index is 0.106. The standard InChI is InChI=1S/C7H14O2/c1-7(2)6(9-7)4-3-5-8/h6,8H,3-5H2,1-2H3/t6-/m1/s1. The van der Waals surface area contributed by atoms with E-state index in [9.17, 15) is 0 Å². The van der Waals surface area contributed by atoms with Crippen LogP contribution in [-0.4, -0.2) is 23.4 Å². The van der Waals surface area contributed by atoms with Gasteiger partial charge in [0.15, 0.2) is 0 Å². The Morgan fingerprint density at radius 3 is 2.44 bits per heavy atom. The van der Waals surface area contributed by atoms with Crippen LogP contribution in [0.4, 0.5) is 0 Å². The zero-order valence-electron chi connectivity index (χ0n) is 6.05. The molecule has 1 N–H and O–H groups in total. The van der Waals surface area contributed by atoms with E-state index in [0.29, 0.717) is 6.10 Å². The average molecular weight is 130 g/mol. The van der Waals surface area contributed by atoms with Gasteiger partial charge in [-0.1, -0.05) is 0 Å². The second-order valence-corrected chi connectivity index (χ2v) is 3.08. The van der Waals surface area contributed by atoms with Gasteiger partial charge in [0.1, 0.15) is 0 Å². The molecule has 2 nitrogen and oxygen atoms in total. The maximum Gasteiger partial charge on any atom is 0.0892 e. The van der Waals surface area contributed by atoms with Gasteiger partial charge in [-0.25, -0.2) is 0 Å². The quantitative estimate of drug-likeness (QED) is 0.576. The first-order chi connectivity index (χ1) is 4.17. The lowest BCUT2D eigenvalue weighted by Crippen LogP contribution is -2.03. The summed E-state index contributed by atoms with van der Waals surface area (Å²) in [5.74, 6) is 0. The van der Waals surface area contributed by atoms with E-state index in [1.165, 1.54) is 0 Å². The highest BCUT2D eigenvalue weighted by atomic mass is 16.6. The maximum atomic E-state index is 8.46. The predicted octanol–water partition coefficient (Wildman–Crippen LogP) is 0.936. The molecule has 1 atom stereocenters. The molecule has 1 aliphatic rings. The first kappa shape index (κ1) is 7.03. The summed E-state index contributed by atoms with van der Waals surface area (Å²) in [5, 5.41) is 8.46. The molecule has 9 heavy (non-hydrogen) atoms. The second kappa shape index (κ2) is 2.27. The third kappa shape index (κ3) is 1.66. The Kier molecular flexibility index (Phi) is 1.78. The lowest BCUT2D eigenvalue weighted by Gasteiger charge is -1.93. The smallest absolute Gasteiger partial charge is 0.0892 e. The summed E-state index contributed by atoms with van der Waals surface area (Å²) < 4.78 is 5.30. The van der Waals surface area contributed by atoms with Crippen LogP contribution >= 0.6 is 0 Å². The number of hydrogen-bond donors (Lipinski definition) is 1. The van der Waals surface area contributed by atoms with Gasteiger partial charge in [0, 0.05) is 6.61 Å². The van der Waals surface area contributed by atoms with Crippen molar-refractivity contribution in [2.24, 2.45) is 0 Å². The largest absolute Gasteiger partial charge is 0.396 e. The number of epoxide rings is 1. The molecule has 0 spiro atoms.